The van der Waals surface area contributed by atoms with Crippen LogP contribution < -0.4 is 0 Å². The van der Waals surface area contributed by atoms with E-state index >= 15 is 0 Å². The fourth-order valence-electron chi connectivity index (χ4n) is 3.34. The van der Waals surface area contributed by atoms with Crippen LogP contribution >= 0.6 is 0 Å². The maximum absolute atomic E-state index is 11.8. The van der Waals surface area contributed by atoms with Crippen LogP contribution in [0.15, 0.2) is 60.7 Å². The van der Waals surface area contributed by atoms with E-state index in [-0.39, 0.29) is 24.1 Å². The summed E-state index contributed by atoms with van der Waals surface area (Å²) in [5.41, 5.74) is 2.49. The summed E-state index contributed by atoms with van der Waals surface area (Å²) in [4.78, 5) is 14.2. The molecule has 24 heavy (non-hydrogen) atoms. The first-order chi connectivity index (χ1) is 11.5. The van der Waals surface area contributed by atoms with Crippen LogP contribution in [0.3, 0.4) is 0 Å². The van der Waals surface area contributed by atoms with E-state index in [1.54, 1.807) is 0 Å². The molecule has 3 heteroatoms. The number of methoxy groups -OCH3 is 1. The van der Waals surface area contributed by atoms with Gasteiger partial charge in [-0.05, 0) is 31.9 Å². The van der Waals surface area contributed by atoms with Gasteiger partial charge in [0.05, 0.1) is 13.5 Å². The van der Waals surface area contributed by atoms with Crippen molar-refractivity contribution in [3.63, 3.8) is 0 Å². The van der Waals surface area contributed by atoms with E-state index in [4.69, 9.17) is 4.74 Å². The van der Waals surface area contributed by atoms with Crippen molar-refractivity contribution in [1.29, 1.82) is 0 Å². The summed E-state index contributed by atoms with van der Waals surface area (Å²) in [6.45, 7) is 6.49. The van der Waals surface area contributed by atoms with Crippen LogP contribution in [-0.4, -0.2) is 24.0 Å². The highest BCUT2D eigenvalue weighted by molar-refractivity contribution is 5.69. The fraction of sp³-hybridized carbons (Fsp3) is 0.381. The number of esters is 1. The zero-order valence-corrected chi connectivity index (χ0v) is 15.0. The van der Waals surface area contributed by atoms with Crippen LogP contribution in [-0.2, 0) is 9.53 Å². The molecule has 0 unspecified atom stereocenters. The maximum atomic E-state index is 11.8. The molecule has 0 N–H and O–H groups in total. The van der Waals surface area contributed by atoms with Crippen molar-refractivity contribution >= 4 is 5.97 Å². The van der Waals surface area contributed by atoms with E-state index in [2.05, 4.69) is 74.2 Å². The predicted octanol–water partition coefficient (Wildman–Crippen LogP) is 4.76. The molecule has 3 nitrogen and oxygen atoms in total. The Labute approximate surface area is 145 Å². The van der Waals surface area contributed by atoms with Crippen molar-refractivity contribution < 1.29 is 9.53 Å². The van der Waals surface area contributed by atoms with Crippen molar-refractivity contribution in [3.05, 3.63) is 71.8 Å². The zero-order valence-electron chi connectivity index (χ0n) is 15.0. The molecule has 0 aliphatic carbocycles. The molecule has 0 aliphatic rings. The predicted molar refractivity (Wildman–Crippen MR) is 97.6 cm³/mol. The van der Waals surface area contributed by atoms with Gasteiger partial charge >= 0.3 is 5.97 Å². The number of rotatable bonds is 7. The number of ether oxygens (including phenoxy) is 1. The highest BCUT2D eigenvalue weighted by Gasteiger charge is 2.28. The molecule has 0 heterocycles. The molecule has 0 saturated carbocycles. The topological polar surface area (TPSA) is 29.5 Å². The minimum atomic E-state index is -0.173. The Morgan fingerprint density at radius 1 is 0.875 bits per heavy atom. The van der Waals surface area contributed by atoms with Gasteiger partial charge in [0.1, 0.15) is 0 Å². The molecule has 0 aliphatic heterocycles. The largest absolute Gasteiger partial charge is 0.469 e. The van der Waals surface area contributed by atoms with Crippen molar-refractivity contribution in [1.82, 2.24) is 4.90 Å². The van der Waals surface area contributed by atoms with Gasteiger partial charge in [-0.2, -0.15) is 0 Å². The molecule has 0 radical (unpaired) electrons. The minimum absolute atomic E-state index is 0.0721. The third kappa shape index (κ3) is 4.45. The number of nitrogens with zero attached hydrogens (tertiary/aromatic N) is 1. The molecular weight excluding hydrogens is 298 g/mol. The minimum Gasteiger partial charge on any atom is -0.469 e. The molecule has 0 bridgehead atoms. The van der Waals surface area contributed by atoms with Gasteiger partial charge in [-0.25, -0.2) is 0 Å². The Morgan fingerprint density at radius 2 is 1.29 bits per heavy atom. The number of benzene rings is 2. The van der Waals surface area contributed by atoms with E-state index < -0.39 is 0 Å². The van der Waals surface area contributed by atoms with Crippen LogP contribution in [0, 0.1) is 0 Å². The van der Waals surface area contributed by atoms with Crippen LogP contribution in [0.25, 0.3) is 0 Å². The highest BCUT2D eigenvalue weighted by atomic mass is 16.5. The molecule has 0 amide bonds. The van der Waals surface area contributed by atoms with E-state index in [9.17, 15) is 4.79 Å². The SMILES string of the molecule is COC(=O)C[C@@H](C)N([C@H](C)c1ccccc1)[C@H](C)c1ccccc1. The van der Waals surface area contributed by atoms with Gasteiger partial charge in [-0.1, -0.05) is 60.7 Å². The Balaban J connectivity index is 2.31. The van der Waals surface area contributed by atoms with Crippen molar-refractivity contribution in [2.45, 2.75) is 45.3 Å². The zero-order chi connectivity index (χ0) is 17.5. The monoisotopic (exact) mass is 325 g/mol. The summed E-state index contributed by atoms with van der Waals surface area (Å²) in [5, 5.41) is 0. The third-order valence-corrected chi connectivity index (χ3v) is 4.66. The van der Waals surface area contributed by atoms with Gasteiger partial charge < -0.3 is 4.74 Å². The first-order valence-electron chi connectivity index (χ1n) is 8.48. The molecule has 2 rings (SSSR count). The van der Waals surface area contributed by atoms with E-state index in [0.717, 1.165) is 0 Å². The lowest BCUT2D eigenvalue weighted by molar-refractivity contribution is -0.142. The number of carbonyl (C=O) groups excluding carboxylic acids is 1. The summed E-state index contributed by atoms with van der Waals surface area (Å²) in [6, 6.07) is 21.3. The Kier molecular flexibility index (Phi) is 6.56. The Hall–Kier alpha value is -2.13. The summed E-state index contributed by atoms with van der Waals surface area (Å²) in [6.07, 6.45) is 0.380. The van der Waals surface area contributed by atoms with Gasteiger partial charge in [0.15, 0.2) is 0 Å². The van der Waals surface area contributed by atoms with E-state index in [0.29, 0.717) is 6.42 Å². The molecule has 128 valence electrons. The fourth-order valence-corrected chi connectivity index (χ4v) is 3.34. The quantitative estimate of drug-likeness (QED) is 0.687. The normalized spacial score (nSPS) is 14.9. The molecule has 2 aromatic carbocycles. The van der Waals surface area contributed by atoms with Crippen LogP contribution in [0.5, 0.6) is 0 Å². The van der Waals surface area contributed by atoms with Crippen LogP contribution in [0.2, 0.25) is 0 Å². The van der Waals surface area contributed by atoms with Crippen molar-refractivity contribution in [3.8, 4) is 0 Å². The van der Waals surface area contributed by atoms with Gasteiger partial charge in [-0.15, -0.1) is 0 Å². The lowest BCUT2D eigenvalue weighted by Crippen LogP contribution is -2.39. The Morgan fingerprint density at radius 3 is 1.67 bits per heavy atom. The van der Waals surface area contributed by atoms with Gasteiger partial charge in [-0.3, -0.25) is 9.69 Å². The van der Waals surface area contributed by atoms with Crippen molar-refractivity contribution in [2.75, 3.05) is 7.11 Å². The van der Waals surface area contributed by atoms with Crippen molar-refractivity contribution in [2.24, 2.45) is 0 Å². The average molecular weight is 325 g/mol. The molecule has 2 aromatic rings. The summed E-state index contributed by atoms with van der Waals surface area (Å²) >= 11 is 0. The molecule has 0 aromatic heterocycles. The lowest BCUT2D eigenvalue weighted by Gasteiger charge is -2.39. The summed E-state index contributed by atoms with van der Waals surface area (Å²) < 4.78 is 4.88. The molecule has 0 saturated heterocycles. The number of hydrogen-bond donors (Lipinski definition) is 0. The third-order valence-electron chi connectivity index (χ3n) is 4.66. The second-order valence-corrected chi connectivity index (χ2v) is 6.25. The number of hydrogen-bond acceptors (Lipinski definition) is 3. The second kappa shape index (κ2) is 8.65. The lowest BCUT2D eigenvalue weighted by atomic mass is 9.98. The average Bonchev–Trinajstić information content (AvgIpc) is 2.63. The second-order valence-electron chi connectivity index (χ2n) is 6.25. The standard InChI is InChI=1S/C21H27NO2/c1-16(15-21(23)24-4)22(17(2)19-11-7-5-8-12-19)18(3)20-13-9-6-10-14-20/h5-14,16-18H,15H2,1-4H3/t16-,17-,18-/m1/s1. The number of carbonyl (C=O) groups is 1. The Bertz CT molecular complexity index is 581. The molecule has 0 spiro atoms. The van der Waals surface area contributed by atoms with E-state index in [1.807, 2.05) is 12.1 Å². The van der Waals surface area contributed by atoms with Gasteiger partial charge in [0.2, 0.25) is 0 Å². The maximum Gasteiger partial charge on any atom is 0.307 e. The first kappa shape index (κ1) is 18.2. The van der Waals surface area contributed by atoms with Crippen LogP contribution in [0.4, 0.5) is 0 Å². The smallest absolute Gasteiger partial charge is 0.307 e. The van der Waals surface area contributed by atoms with E-state index in [1.165, 1.54) is 18.2 Å². The molecule has 3 atom stereocenters. The van der Waals surface area contributed by atoms with Gasteiger partial charge in [0.25, 0.3) is 0 Å². The summed E-state index contributed by atoms with van der Waals surface area (Å²) in [5.74, 6) is -0.173. The molecular formula is C21H27NO2. The highest BCUT2D eigenvalue weighted by Crippen LogP contribution is 2.33. The first-order valence-corrected chi connectivity index (χ1v) is 8.48. The van der Waals surface area contributed by atoms with Gasteiger partial charge in [0, 0.05) is 18.1 Å². The summed E-state index contributed by atoms with van der Waals surface area (Å²) in [7, 11) is 1.45. The molecule has 0 fully saturated rings. The van der Waals surface area contributed by atoms with Crippen LogP contribution in [0.1, 0.15) is 50.4 Å².